The third-order valence-corrected chi connectivity index (χ3v) is 3.24. The Hall–Kier alpha value is -0.890. The van der Waals surface area contributed by atoms with Gasteiger partial charge in [-0.1, -0.05) is 5.16 Å². The molecule has 0 unspecified atom stereocenters. The summed E-state index contributed by atoms with van der Waals surface area (Å²) in [6.07, 6.45) is -11.9. The summed E-state index contributed by atoms with van der Waals surface area (Å²) in [5, 5.41) is 76.8. The van der Waals surface area contributed by atoms with Crippen molar-refractivity contribution in [2.75, 3.05) is 13.2 Å². The van der Waals surface area contributed by atoms with Crippen molar-refractivity contribution in [2.24, 2.45) is 5.16 Å². The van der Waals surface area contributed by atoms with E-state index in [1.54, 1.807) is 0 Å². The van der Waals surface area contributed by atoms with Crippen LogP contribution in [0, 0.1) is 0 Å². The minimum absolute atomic E-state index is 0.585. The van der Waals surface area contributed by atoms with Crippen LogP contribution in [0.2, 0.25) is 0 Å². The standard InChI is InChI=1S/C11H21NO10/c13-2-6-8(17)9(18)10(19)11(22-6)21-3-5(15)7(16)4(14)1-12-20/h1,4-11,13-20H,2-3H2/b12-1-/t4-,5-,6-,7+,8+,9+,10-,11+/m1/s1. The molecule has 0 aromatic heterocycles. The lowest BCUT2D eigenvalue weighted by atomic mass is 9.99. The minimum Gasteiger partial charge on any atom is -0.411 e. The highest BCUT2D eigenvalue weighted by atomic mass is 16.7. The molecule has 1 fully saturated rings. The fourth-order valence-electron chi connectivity index (χ4n) is 1.88. The van der Waals surface area contributed by atoms with E-state index in [1.165, 1.54) is 0 Å². The number of nitrogens with zero attached hydrogens (tertiary/aromatic N) is 1. The molecule has 1 saturated heterocycles. The molecule has 22 heavy (non-hydrogen) atoms. The minimum atomic E-state index is -1.74. The van der Waals surface area contributed by atoms with Gasteiger partial charge in [0.1, 0.15) is 42.7 Å². The van der Waals surface area contributed by atoms with Crippen molar-refractivity contribution in [3.8, 4) is 0 Å². The van der Waals surface area contributed by atoms with Crippen molar-refractivity contribution in [3.05, 3.63) is 0 Å². The highest BCUT2D eigenvalue weighted by Gasteiger charge is 2.44. The zero-order valence-electron chi connectivity index (χ0n) is 11.5. The average Bonchev–Trinajstić information content (AvgIpc) is 2.51. The number of oxime groups is 1. The predicted molar refractivity (Wildman–Crippen MR) is 68.0 cm³/mol. The van der Waals surface area contributed by atoms with Crippen molar-refractivity contribution < 1.29 is 50.4 Å². The van der Waals surface area contributed by atoms with E-state index in [1.807, 2.05) is 0 Å². The van der Waals surface area contributed by atoms with E-state index in [-0.39, 0.29) is 0 Å². The first-order valence-corrected chi connectivity index (χ1v) is 6.47. The number of hydrogen-bond donors (Lipinski definition) is 8. The molecule has 0 radical (unpaired) electrons. The van der Waals surface area contributed by atoms with E-state index in [2.05, 4.69) is 5.16 Å². The Bertz CT molecular complexity index is 354. The summed E-state index contributed by atoms with van der Waals surface area (Å²) in [5.74, 6) is 0. The van der Waals surface area contributed by atoms with Crippen molar-refractivity contribution >= 4 is 6.21 Å². The van der Waals surface area contributed by atoms with E-state index in [9.17, 15) is 30.6 Å². The van der Waals surface area contributed by atoms with Crippen LogP contribution in [0.5, 0.6) is 0 Å². The Morgan fingerprint density at radius 1 is 1.09 bits per heavy atom. The Morgan fingerprint density at radius 2 is 1.73 bits per heavy atom. The van der Waals surface area contributed by atoms with Crippen molar-refractivity contribution in [1.82, 2.24) is 0 Å². The lowest BCUT2D eigenvalue weighted by molar-refractivity contribution is -0.306. The van der Waals surface area contributed by atoms with Gasteiger partial charge >= 0.3 is 0 Å². The number of aliphatic hydroxyl groups is 7. The molecule has 11 nitrogen and oxygen atoms in total. The quantitative estimate of drug-likeness (QED) is 0.128. The van der Waals surface area contributed by atoms with E-state index < -0.39 is 62.2 Å². The van der Waals surface area contributed by atoms with Crippen LogP contribution in [0.4, 0.5) is 0 Å². The van der Waals surface area contributed by atoms with Gasteiger partial charge in [0.2, 0.25) is 0 Å². The second-order valence-electron chi connectivity index (χ2n) is 4.84. The van der Waals surface area contributed by atoms with Gasteiger partial charge in [-0.25, -0.2) is 0 Å². The molecule has 0 spiro atoms. The summed E-state index contributed by atoms with van der Waals surface area (Å²) >= 11 is 0. The smallest absolute Gasteiger partial charge is 0.186 e. The molecular weight excluding hydrogens is 306 g/mol. The van der Waals surface area contributed by atoms with Gasteiger partial charge in [0, 0.05) is 0 Å². The van der Waals surface area contributed by atoms with Gasteiger partial charge in [-0.05, 0) is 0 Å². The van der Waals surface area contributed by atoms with Crippen LogP contribution in [-0.4, -0.2) is 109 Å². The first-order valence-electron chi connectivity index (χ1n) is 6.47. The normalized spacial score (nSPS) is 37.1. The summed E-state index contributed by atoms with van der Waals surface area (Å²) in [6, 6.07) is 0. The highest BCUT2D eigenvalue weighted by Crippen LogP contribution is 2.22. The zero-order chi connectivity index (χ0) is 16.9. The number of aliphatic hydroxyl groups excluding tert-OH is 7. The zero-order valence-corrected chi connectivity index (χ0v) is 11.5. The fourth-order valence-corrected chi connectivity index (χ4v) is 1.88. The maximum absolute atomic E-state index is 9.68. The van der Waals surface area contributed by atoms with Crippen LogP contribution >= 0.6 is 0 Å². The summed E-state index contributed by atoms with van der Waals surface area (Å²) in [7, 11) is 0. The van der Waals surface area contributed by atoms with E-state index >= 15 is 0 Å². The first kappa shape index (κ1) is 19.2. The summed E-state index contributed by atoms with van der Waals surface area (Å²) in [4.78, 5) is 0. The average molecular weight is 327 g/mol. The van der Waals surface area contributed by atoms with Gasteiger partial charge in [0.25, 0.3) is 0 Å². The lowest BCUT2D eigenvalue weighted by Gasteiger charge is -2.39. The van der Waals surface area contributed by atoms with Crippen LogP contribution in [0.1, 0.15) is 0 Å². The monoisotopic (exact) mass is 327 g/mol. The Balaban J connectivity index is 2.55. The molecule has 0 bridgehead atoms. The molecule has 8 atom stereocenters. The molecule has 1 aliphatic rings. The maximum atomic E-state index is 9.68. The fraction of sp³-hybridized carbons (Fsp3) is 0.909. The maximum Gasteiger partial charge on any atom is 0.186 e. The van der Waals surface area contributed by atoms with Gasteiger partial charge in [0.05, 0.1) is 19.4 Å². The summed E-state index contributed by atoms with van der Waals surface area (Å²) < 4.78 is 9.99. The summed E-state index contributed by atoms with van der Waals surface area (Å²) in [6.45, 7) is -1.25. The van der Waals surface area contributed by atoms with Crippen LogP contribution in [0.25, 0.3) is 0 Å². The van der Waals surface area contributed by atoms with Gasteiger partial charge < -0.3 is 50.4 Å². The number of rotatable bonds is 7. The lowest BCUT2D eigenvalue weighted by Crippen LogP contribution is -2.59. The second-order valence-corrected chi connectivity index (χ2v) is 4.84. The molecule has 0 saturated carbocycles. The molecule has 8 N–H and O–H groups in total. The van der Waals surface area contributed by atoms with Gasteiger partial charge in [0.15, 0.2) is 6.29 Å². The SMILES string of the molecule is OC[C@H]1O[C@H](OC[C@@H](O)[C@@H](O)[C@H](O)/C=N\O)[C@H](O)[C@@H](O)[C@H]1O. The van der Waals surface area contributed by atoms with Crippen LogP contribution in [0.3, 0.4) is 0 Å². The van der Waals surface area contributed by atoms with Crippen molar-refractivity contribution in [3.63, 3.8) is 0 Å². The van der Waals surface area contributed by atoms with E-state index in [0.29, 0.717) is 6.21 Å². The molecule has 0 aliphatic carbocycles. The van der Waals surface area contributed by atoms with E-state index in [4.69, 9.17) is 19.8 Å². The molecule has 0 aromatic carbocycles. The van der Waals surface area contributed by atoms with E-state index in [0.717, 1.165) is 0 Å². The Morgan fingerprint density at radius 3 is 2.27 bits per heavy atom. The number of ether oxygens (including phenoxy) is 2. The van der Waals surface area contributed by atoms with Gasteiger partial charge in [-0.15, -0.1) is 0 Å². The molecule has 0 amide bonds. The number of hydrogen-bond acceptors (Lipinski definition) is 11. The largest absolute Gasteiger partial charge is 0.411 e. The molecule has 11 heteroatoms. The van der Waals surface area contributed by atoms with Crippen LogP contribution in [-0.2, 0) is 9.47 Å². The van der Waals surface area contributed by atoms with Crippen molar-refractivity contribution in [1.29, 1.82) is 0 Å². The topological polar surface area (TPSA) is 193 Å². The van der Waals surface area contributed by atoms with Crippen LogP contribution < -0.4 is 0 Å². The third kappa shape index (κ3) is 4.55. The van der Waals surface area contributed by atoms with Crippen molar-refractivity contribution in [2.45, 2.75) is 49.0 Å². The summed E-state index contributed by atoms with van der Waals surface area (Å²) in [5.41, 5.74) is 0. The molecule has 130 valence electrons. The second kappa shape index (κ2) is 8.67. The molecule has 1 rings (SSSR count). The van der Waals surface area contributed by atoms with Gasteiger partial charge in [-0.3, -0.25) is 0 Å². The Kier molecular flexibility index (Phi) is 7.55. The van der Waals surface area contributed by atoms with Gasteiger partial charge in [-0.2, -0.15) is 0 Å². The molecule has 1 aliphatic heterocycles. The molecule has 0 aromatic rings. The third-order valence-electron chi connectivity index (χ3n) is 3.24. The Labute approximate surface area is 125 Å². The highest BCUT2D eigenvalue weighted by molar-refractivity contribution is 5.62. The first-order chi connectivity index (χ1) is 10.3. The predicted octanol–water partition coefficient (Wildman–Crippen LogP) is -4.65. The molecular formula is C11H21NO10. The van der Waals surface area contributed by atoms with Crippen LogP contribution in [0.15, 0.2) is 5.16 Å². The molecule has 1 heterocycles.